The minimum absolute atomic E-state index is 0.136. The van der Waals surface area contributed by atoms with Gasteiger partial charge in [0.05, 0.1) is 0 Å². The molecule has 1 heterocycles. The third-order valence-electron chi connectivity index (χ3n) is 5.27. The van der Waals surface area contributed by atoms with Crippen molar-refractivity contribution < 1.29 is 4.79 Å². The summed E-state index contributed by atoms with van der Waals surface area (Å²) in [5, 5.41) is 3.86. The number of carbonyl (C=O) groups excluding carboxylic acids is 1. The minimum atomic E-state index is 0.136. The molecule has 3 rings (SSSR count). The zero-order valence-electron chi connectivity index (χ0n) is 14.5. The molecule has 2 fully saturated rings. The first-order valence-electron chi connectivity index (χ1n) is 9.15. The van der Waals surface area contributed by atoms with Crippen LogP contribution in [0, 0.1) is 5.92 Å². The van der Waals surface area contributed by atoms with E-state index in [0.717, 1.165) is 50.6 Å². The Balaban J connectivity index is 1.31. The second-order valence-electron chi connectivity index (χ2n) is 6.92. The monoisotopic (exact) mass is 349 g/mol. The zero-order valence-corrected chi connectivity index (χ0v) is 15.3. The Kier molecular flexibility index (Phi) is 6.14. The van der Waals surface area contributed by atoms with Gasteiger partial charge in [-0.25, -0.2) is 0 Å². The van der Waals surface area contributed by atoms with E-state index in [2.05, 4.69) is 28.1 Å². The van der Waals surface area contributed by atoms with E-state index in [1.165, 1.54) is 18.7 Å². The number of hydrogen-bond donors (Lipinski definition) is 1. The second kappa shape index (κ2) is 8.32. The highest BCUT2D eigenvalue weighted by molar-refractivity contribution is 6.30. The van der Waals surface area contributed by atoms with Gasteiger partial charge >= 0.3 is 0 Å². The van der Waals surface area contributed by atoms with E-state index >= 15 is 0 Å². The van der Waals surface area contributed by atoms with E-state index in [1.807, 2.05) is 18.2 Å². The van der Waals surface area contributed by atoms with Crippen molar-refractivity contribution in [2.24, 2.45) is 5.92 Å². The average Bonchev–Trinajstić information content (AvgIpc) is 3.40. The first-order valence-corrected chi connectivity index (χ1v) is 9.53. The van der Waals surface area contributed by atoms with Crippen LogP contribution in [0.4, 0.5) is 0 Å². The van der Waals surface area contributed by atoms with Crippen molar-refractivity contribution >= 4 is 17.5 Å². The molecule has 0 radical (unpaired) electrons. The van der Waals surface area contributed by atoms with Gasteiger partial charge in [-0.1, -0.05) is 30.7 Å². The normalized spacial score (nSPS) is 24.8. The Bertz CT molecular complexity index is 557. The summed E-state index contributed by atoms with van der Waals surface area (Å²) in [6.45, 7) is 9.89. The molecular formula is C19H28ClN3O. The molecular weight excluding hydrogens is 322 g/mol. The molecule has 2 aliphatic rings. The quantitative estimate of drug-likeness (QED) is 0.768. The predicted molar refractivity (Wildman–Crippen MR) is 98.5 cm³/mol. The fourth-order valence-electron chi connectivity index (χ4n) is 3.56. The molecule has 2 unspecified atom stereocenters. The highest BCUT2D eigenvalue weighted by Gasteiger charge is 2.43. The van der Waals surface area contributed by atoms with Crippen molar-refractivity contribution in [2.75, 3.05) is 45.8 Å². The molecule has 0 aromatic heterocycles. The van der Waals surface area contributed by atoms with Crippen molar-refractivity contribution in [1.29, 1.82) is 0 Å². The molecule has 1 saturated carbocycles. The maximum absolute atomic E-state index is 12.2. The Morgan fingerprint density at radius 2 is 2.00 bits per heavy atom. The molecule has 1 N–H and O–H groups in total. The first-order chi connectivity index (χ1) is 11.7. The summed E-state index contributed by atoms with van der Waals surface area (Å²) >= 11 is 6.03. The lowest BCUT2D eigenvalue weighted by molar-refractivity contribution is -0.122. The van der Waals surface area contributed by atoms with Crippen molar-refractivity contribution in [2.45, 2.75) is 25.7 Å². The van der Waals surface area contributed by atoms with Crippen LogP contribution in [-0.2, 0) is 4.79 Å². The smallest absolute Gasteiger partial charge is 0.223 e. The van der Waals surface area contributed by atoms with Gasteiger partial charge in [0.15, 0.2) is 0 Å². The van der Waals surface area contributed by atoms with Crippen LogP contribution in [0.2, 0.25) is 5.02 Å². The number of nitrogens with one attached hydrogen (secondary N) is 1. The molecule has 0 spiro atoms. The maximum Gasteiger partial charge on any atom is 0.223 e. The van der Waals surface area contributed by atoms with E-state index in [0.29, 0.717) is 5.92 Å². The predicted octanol–water partition coefficient (Wildman–Crippen LogP) is 2.59. The summed E-state index contributed by atoms with van der Waals surface area (Å²) in [7, 11) is 0. The number of benzene rings is 1. The van der Waals surface area contributed by atoms with Crippen LogP contribution in [0.25, 0.3) is 0 Å². The summed E-state index contributed by atoms with van der Waals surface area (Å²) in [5.74, 6) is 0.693. The van der Waals surface area contributed by atoms with Crippen LogP contribution in [0.1, 0.15) is 31.2 Å². The molecule has 1 amide bonds. The highest BCUT2D eigenvalue weighted by Crippen LogP contribution is 2.47. The number of nitrogens with zero attached hydrogens (tertiary/aromatic N) is 2. The van der Waals surface area contributed by atoms with Crippen molar-refractivity contribution in [3.8, 4) is 0 Å². The Morgan fingerprint density at radius 1 is 1.25 bits per heavy atom. The summed E-state index contributed by atoms with van der Waals surface area (Å²) in [5.41, 5.74) is 1.19. The molecule has 5 heteroatoms. The molecule has 2 atom stereocenters. The lowest BCUT2D eigenvalue weighted by Crippen LogP contribution is -2.46. The van der Waals surface area contributed by atoms with E-state index in [9.17, 15) is 4.79 Å². The minimum Gasteiger partial charge on any atom is -0.356 e. The molecule has 0 bridgehead atoms. The number of likely N-dealkylation sites (N-methyl/N-ethyl adjacent to an activating group) is 1. The average molecular weight is 350 g/mol. The molecule has 4 nitrogen and oxygen atoms in total. The summed E-state index contributed by atoms with van der Waals surface area (Å²) < 4.78 is 0. The lowest BCUT2D eigenvalue weighted by atomic mass is 10.1. The summed E-state index contributed by atoms with van der Waals surface area (Å²) in [6, 6.07) is 7.89. The lowest BCUT2D eigenvalue weighted by Gasteiger charge is -2.33. The third-order valence-corrected chi connectivity index (χ3v) is 5.50. The van der Waals surface area contributed by atoms with Crippen LogP contribution < -0.4 is 5.32 Å². The Labute approximate surface area is 150 Å². The number of amides is 1. The Hall–Kier alpha value is -1.10. The molecule has 1 aliphatic carbocycles. The van der Waals surface area contributed by atoms with E-state index in [4.69, 9.17) is 11.6 Å². The molecule has 1 aromatic rings. The third kappa shape index (κ3) is 4.71. The molecule has 1 saturated heterocycles. The second-order valence-corrected chi connectivity index (χ2v) is 7.36. The Morgan fingerprint density at radius 3 is 2.71 bits per heavy atom. The van der Waals surface area contributed by atoms with E-state index < -0.39 is 0 Å². The van der Waals surface area contributed by atoms with E-state index in [1.54, 1.807) is 0 Å². The molecule has 1 aromatic carbocycles. The number of piperazine rings is 1. The number of halogens is 1. The molecule has 1 aliphatic heterocycles. The standard InChI is InChI=1S/C19H28ClN3O/c1-2-22-9-11-23(12-10-22)8-4-7-21-19(24)18-14-17(18)15-5-3-6-16(20)13-15/h3,5-6,13,17-18H,2,4,7-12,14H2,1H3,(H,21,24). The maximum atomic E-state index is 12.2. The van der Waals surface area contributed by atoms with Crippen LogP contribution in [0.15, 0.2) is 24.3 Å². The van der Waals surface area contributed by atoms with E-state index in [-0.39, 0.29) is 11.8 Å². The number of rotatable bonds is 7. The van der Waals surface area contributed by atoms with Crippen LogP contribution in [0.5, 0.6) is 0 Å². The van der Waals surface area contributed by atoms with Gasteiger partial charge < -0.3 is 15.1 Å². The van der Waals surface area contributed by atoms with Crippen molar-refractivity contribution in [3.05, 3.63) is 34.9 Å². The topological polar surface area (TPSA) is 35.6 Å². The highest BCUT2D eigenvalue weighted by atomic mass is 35.5. The zero-order chi connectivity index (χ0) is 16.9. The van der Waals surface area contributed by atoms with Crippen molar-refractivity contribution in [1.82, 2.24) is 15.1 Å². The number of carbonyl (C=O) groups is 1. The van der Waals surface area contributed by atoms with Crippen molar-refractivity contribution in [3.63, 3.8) is 0 Å². The fraction of sp³-hybridized carbons (Fsp3) is 0.632. The van der Waals surface area contributed by atoms with Gasteiger partial charge in [0, 0.05) is 43.7 Å². The van der Waals surface area contributed by atoms with Crippen LogP contribution in [-0.4, -0.2) is 61.5 Å². The van der Waals surface area contributed by atoms with Gasteiger partial charge in [-0.3, -0.25) is 4.79 Å². The van der Waals surface area contributed by atoms with Gasteiger partial charge in [-0.15, -0.1) is 0 Å². The largest absolute Gasteiger partial charge is 0.356 e. The molecule has 132 valence electrons. The fourth-order valence-corrected chi connectivity index (χ4v) is 3.76. The van der Waals surface area contributed by atoms with Gasteiger partial charge in [0.25, 0.3) is 0 Å². The first kappa shape index (κ1) is 17.7. The van der Waals surface area contributed by atoms with Gasteiger partial charge in [0.2, 0.25) is 5.91 Å². The SMILES string of the molecule is CCN1CCN(CCCNC(=O)C2CC2c2cccc(Cl)c2)CC1. The summed E-state index contributed by atoms with van der Waals surface area (Å²) in [4.78, 5) is 17.2. The van der Waals surface area contributed by atoms with Crippen LogP contribution in [0.3, 0.4) is 0 Å². The van der Waals surface area contributed by atoms with Gasteiger partial charge in [0.1, 0.15) is 0 Å². The van der Waals surface area contributed by atoms with Gasteiger partial charge in [-0.2, -0.15) is 0 Å². The summed E-state index contributed by atoms with van der Waals surface area (Å²) in [6.07, 6.45) is 1.98. The van der Waals surface area contributed by atoms with Crippen LogP contribution >= 0.6 is 11.6 Å². The number of hydrogen-bond acceptors (Lipinski definition) is 3. The van der Waals surface area contributed by atoms with Gasteiger partial charge in [-0.05, 0) is 49.5 Å². The molecule has 24 heavy (non-hydrogen) atoms.